The molecular formula is C17H22O4. The van der Waals surface area contributed by atoms with Gasteiger partial charge in [0.2, 0.25) is 0 Å². The van der Waals surface area contributed by atoms with E-state index in [1.54, 1.807) is 12.1 Å². The first kappa shape index (κ1) is 17.0. The van der Waals surface area contributed by atoms with E-state index in [9.17, 15) is 0 Å². The number of hydrogen-bond donors (Lipinski definition) is 2. The Morgan fingerprint density at radius 3 is 1.67 bits per heavy atom. The van der Waals surface area contributed by atoms with Gasteiger partial charge in [0.05, 0.1) is 0 Å². The molecule has 2 aromatic carbocycles. The summed E-state index contributed by atoms with van der Waals surface area (Å²) in [6.45, 7) is 4.10. The molecule has 0 heterocycles. The Bertz CT molecular complexity index is 503. The Morgan fingerprint density at radius 1 is 0.762 bits per heavy atom. The monoisotopic (exact) mass is 290 g/mol. The predicted molar refractivity (Wildman–Crippen MR) is 82.8 cm³/mol. The molecule has 4 heteroatoms. The summed E-state index contributed by atoms with van der Waals surface area (Å²) in [7, 11) is 0. The molecule has 2 N–H and O–H groups in total. The molecule has 0 saturated heterocycles. The molecule has 0 spiro atoms. The zero-order valence-corrected chi connectivity index (χ0v) is 12.5. The molecule has 0 saturated carbocycles. The van der Waals surface area contributed by atoms with Crippen molar-refractivity contribution in [2.24, 2.45) is 0 Å². The van der Waals surface area contributed by atoms with Gasteiger partial charge < -0.3 is 9.78 Å². The maximum atomic E-state index is 8.45. The second-order valence-electron chi connectivity index (χ2n) is 4.50. The number of benzene rings is 2. The zero-order chi connectivity index (χ0) is 15.5. The van der Waals surface area contributed by atoms with Crippen molar-refractivity contribution >= 4 is 0 Å². The third-order valence-electron chi connectivity index (χ3n) is 3.04. The van der Waals surface area contributed by atoms with Gasteiger partial charge in [0, 0.05) is 0 Å². The van der Waals surface area contributed by atoms with Crippen LogP contribution < -0.4 is 9.78 Å². The molecule has 0 aromatic heterocycles. The molecule has 0 amide bonds. The highest BCUT2D eigenvalue weighted by atomic mass is 17.1. The highest BCUT2D eigenvalue weighted by Gasteiger charge is 1.99. The van der Waals surface area contributed by atoms with Gasteiger partial charge in [-0.2, -0.15) is 0 Å². The van der Waals surface area contributed by atoms with Crippen LogP contribution in [0.15, 0.2) is 48.5 Å². The van der Waals surface area contributed by atoms with Gasteiger partial charge in [0.1, 0.15) is 0 Å². The number of aryl methyl sites for hydroxylation is 2. The van der Waals surface area contributed by atoms with Gasteiger partial charge in [-0.05, 0) is 36.1 Å². The van der Waals surface area contributed by atoms with Gasteiger partial charge >= 0.3 is 0 Å². The first-order valence-electron chi connectivity index (χ1n) is 7.05. The van der Waals surface area contributed by atoms with Crippen molar-refractivity contribution in [3.05, 3.63) is 59.7 Å². The first-order valence-corrected chi connectivity index (χ1v) is 7.05. The molecule has 0 unspecified atom stereocenters. The maximum absolute atomic E-state index is 8.45. The maximum Gasteiger partial charge on any atom is 0.168 e. The summed E-state index contributed by atoms with van der Waals surface area (Å²) in [5.41, 5.74) is 2.07. The average molecular weight is 290 g/mol. The van der Waals surface area contributed by atoms with E-state index in [4.69, 9.17) is 10.5 Å². The third kappa shape index (κ3) is 5.45. The molecule has 2 rings (SSSR count). The molecule has 0 bridgehead atoms. The van der Waals surface area contributed by atoms with Gasteiger partial charge in [-0.1, -0.05) is 56.7 Å². The van der Waals surface area contributed by atoms with Crippen LogP contribution in [0, 0.1) is 0 Å². The fraction of sp³-hybridized carbons (Fsp3) is 0.294. The molecule has 4 nitrogen and oxygen atoms in total. The van der Waals surface area contributed by atoms with E-state index >= 15 is 0 Å². The highest BCUT2D eigenvalue weighted by molar-refractivity contribution is 5.33. The molecular weight excluding hydrogens is 268 g/mol. The lowest BCUT2D eigenvalue weighted by Crippen LogP contribution is -1.90. The number of hydrogen-bond acceptors (Lipinski definition) is 4. The van der Waals surface area contributed by atoms with Crippen LogP contribution in [0.25, 0.3) is 0 Å². The SMILES string of the molecule is CCCc1ccccc1OO.CCc1ccccc1OO. The number of para-hydroxylation sites is 2. The van der Waals surface area contributed by atoms with Crippen LogP contribution in [0.4, 0.5) is 0 Å². The van der Waals surface area contributed by atoms with Crippen molar-refractivity contribution < 1.29 is 20.3 Å². The van der Waals surface area contributed by atoms with Crippen molar-refractivity contribution in [1.82, 2.24) is 0 Å². The fourth-order valence-corrected chi connectivity index (χ4v) is 1.95. The molecule has 0 fully saturated rings. The van der Waals surface area contributed by atoms with Crippen LogP contribution in [-0.2, 0) is 12.8 Å². The van der Waals surface area contributed by atoms with Crippen LogP contribution in [0.5, 0.6) is 11.5 Å². The van der Waals surface area contributed by atoms with Crippen molar-refractivity contribution in [3.63, 3.8) is 0 Å². The minimum atomic E-state index is 0.546. The van der Waals surface area contributed by atoms with Crippen molar-refractivity contribution in [2.45, 2.75) is 33.1 Å². The van der Waals surface area contributed by atoms with E-state index in [0.29, 0.717) is 11.5 Å². The van der Waals surface area contributed by atoms with Crippen molar-refractivity contribution in [3.8, 4) is 11.5 Å². The lowest BCUT2D eigenvalue weighted by atomic mass is 10.1. The smallest absolute Gasteiger partial charge is 0.168 e. The summed E-state index contributed by atoms with van der Waals surface area (Å²) in [5.74, 6) is 1.11. The van der Waals surface area contributed by atoms with E-state index in [2.05, 4.69) is 16.7 Å². The molecule has 21 heavy (non-hydrogen) atoms. The number of rotatable bonds is 5. The molecule has 0 radical (unpaired) electrons. The zero-order valence-electron chi connectivity index (χ0n) is 12.5. The van der Waals surface area contributed by atoms with E-state index in [-0.39, 0.29) is 0 Å². The van der Waals surface area contributed by atoms with Gasteiger partial charge in [0.15, 0.2) is 11.5 Å². The summed E-state index contributed by atoms with van der Waals surface area (Å²) in [6, 6.07) is 14.9. The molecule has 0 aliphatic heterocycles. The molecule has 0 atom stereocenters. The average Bonchev–Trinajstić information content (AvgIpc) is 2.56. The first-order chi connectivity index (χ1) is 10.3. The van der Waals surface area contributed by atoms with Gasteiger partial charge in [-0.15, -0.1) is 0 Å². The Labute approximate surface area is 125 Å². The normalized spacial score (nSPS) is 9.52. The summed E-state index contributed by atoms with van der Waals surface area (Å²) in [5, 5.41) is 16.8. The van der Waals surface area contributed by atoms with Crippen LogP contribution in [0.3, 0.4) is 0 Å². The Morgan fingerprint density at radius 2 is 1.24 bits per heavy atom. The lowest BCUT2D eigenvalue weighted by molar-refractivity contribution is -0.138. The largest absolute Gasteiger partial charge is 0.340 e. The van der Waals surface area contributed by atoms with E-state index in [1.807, 2.05) is 43.3 Å². The summed E-state index contributed by atoms with van der Waals surface area (Å²) in [6.07, 6.45) is 2.87. The summed E-state index contributed by atoms with van der Waals surface area (Å²) >= 11 is 0. The molecule has 2 aromatic rings. The van der Waals surface area contributed by atoms with E-state index < -0.39 is 0 Å². The van der Waals surface area contributed by atoms with Gasteiger partial charge in [-0.25, -0.2) is 10.5 Å². The third-order valence-corrected chi connectivity index (χ3v) is 3.04. The second-order valence-corrected chi connectivity index (χ2v) is 4.50. The second kappa shape index (κ2) is 9.80. The Balaban J connectivity index is 0.000000211. The Kier molecular flexibility index (Phi) is 7.94. The highest BCUT2D eigenvalue weighted by Crippen LogP contribution is 2.18. The topological polar surface area (TPSA) is 58.9 Å². The minimum absolute atomic E-state index is 0.546. The lowest BCUT2D eigenvalue weighted by Gasteiger charge is -2.02. The van der Waals surface area contributed by atoms with Crippen LogP contribution in [0.2, 0.25) is 0 Å². The van der Waals surface area contributed by atoms with Gasteiger partial charge in [0.25, 0.3) is 0 Å². The molecule has 114 valence electrons. The van der Waals surface area contributed by atoms with E-state index in [0.717, 1.165) is 30.4 Å². The fourth-order valence-electron chi connectivity index (χ4n) is 1.95. The summed E-state index contributed by atoms with van der Waals surface area (Å²) in [4.78, 5) is 8.33. The van der Waals surface area contributed by atoms with Crippen LogP contribution >= 0.6 is 0 Å². The van der Waals surface area contributed by atoms with Crippen LogP contribution in [-0.4, -0.2) is 10.5 Å². The molecule has 0 aliphatic rings. The quantitative estimate of drug-likeness (QED) is 0.624. The minimum Gasteiger partial charge on any atom is -0.340 e. The standard InChI is InChI=1S/C9H12O2.C8H10O2/c1-2-5-8-6-3-4-7-9(8)11-10;1-2-7-5-3-4-6-8(7)10-9/h3-4,6-7,10H,2,5H2,1H3;3-6,9H,2H2,1H3. The van der Waals surface area contributed by atoms with Crippen molar-refractivity contribution in [2.75, 3.05) is 0 Å². The molecule has 0 aliphatic carbocycles. The predicted octanol–water partition coefficient (Wildman–Crippen LogP) is 4.59. The van der Waals surface area contributed by atoms with E-state index in [1.165, 1.54) is 0 Å². The Hall–Kier alpha value is -2.04. The van der Waals surface area contributed by atoms with Crippen LogP contribution in [0.1, 0.15) is 31.4 Å². The van der Waals surface area contributed by atoms with Crippen molar-refractivity contribution in [1.29, 1.82) is 0 Å². The van der Waals surface area contributed by atoms with Gasteiger partial charge in [-0.3, -0.25) is 0 Å². The summed E-state index contributed by atoms with van der Waals surface area (Å²) < 4.78 is 0.